The summed E-state index contributed by atoms with van der Waals surface area (Å²) >= 11 is 0. The minimum absolute atomic E-state index is 0.162. The van der Waals surface area contributed by atoms with E-state index in [2.05, 4.69) is 9.97 Å². The van der Waals surface area contributed by atoms with Gasteiger partial charge in [-0.05, 0) is 0 Å². The van der Waals surface area contributed by atoms with Crippen molar-refractivity contribution in [3.05, 3.63) is 18.1 Å². The SMILES string of the molecule is Cn1cnc2c(ncn2[C@@H]2O[C@@H]3COP(=O)(O)O[C@H]3[C@H]2O)c1=N. The zero-order valence-corrected chi connectivity index (χ0v) is 12.8. The van der Waals surface area contributed by atoms with Crippen molar-refractivity contribution in [2.75, 3.05) is 6.61 Å². The molecule has 5 atom stereocenters. The second kappa shape index (κ2) is 4.94. The number of imidazole rings is 1. The van der Waals surface area contributed by atoms with Crippen LogP contribution in [0.5, 0.6) is 0 Å². The Morgan fingerprint density at radius 2 is 2.22 bits per heavy atom. The number of rotatable bonds is 1. The minimum Gasteiger partial charge on any atom is -0.386 e. The summed E-state index contributed by atoms with van der Waals surface area (Å²) in [6.45, 7) is -0.162. The van der Waals surface area contributed by atoms with Gasteiger partial charge in [-0.2, -0.15) is 0 Å². The number of nitrogens with one attached hydrogen (secondary N) is 1. The molecular weight excluding hydrogens is 329 g/mol. The average molecular weight is 343 g/mol. The smallest absolute Gasteiger partial charge is 0.386 e. The number of aryl methyl sites for hydroxylation is 1. The lowest BCUT2D eigenvalue weighted by Gasteiger charge is -2.27. The van der Waals surface area contributed by atoms with Crippen molar-refractivity contribution in [3.8, 4) is 0 Å². The van der Waals surface area contributed by atoms with Gasteiger partial charge in [0.1, 0.15) is 23.8 Å². The molecule has 0 spiro atoms. The molecule has 12 heteroatoms. The summed E-state index contributed by atoms with van der Waals surface area (Å²) in [5.74, 6) is 0. The quantitative estimate of drug-likeness (QED) is 0.561. The highest BCUT2D eigenvalue weighted by molar-refractivity contribution is 7.47. The number of fused-ring (bicyclic) bond motifs is 2. The fraction of sp³-hybridized carbons (Fsp3) is 0.545. The highest BCUT2D eigenvalue weighted by Crippen LogP contribution is 2.52. The molecule has 2 aromatic heterocycles. The van der Waals surface area contributed by atoms with Gasteiger partial charge in [-0.3, -0.25) is 19.0 Å². The lowest BCUT2D eigenvalue weighted by molar-refractivity contribution is -0.0664. The highest BCUT2D eigenvalue weighted by Gasteiger charge is 2.52. The molecule has 0 saturated carbocycles. The molecule has 23 heavy (non-hydrogen) atoms. The van der Waals surface area contributed by atoms with E-state index < -0.39 is 32.4 Å². The van der Waals surface area contributed by atoms with Gasteiger partial charge in [-0.1, -0.05) is 0 Å². The maximum absolute atomic E-state index is 11.5. The van der Waals surface area contributed by atoms with Gasteiger partial charge in [0.15, 0.2) is 17.4 Å². The fourth-order valence-corrected chi connectivity index (χ4v) is 3.73. The van der Waals surface area contributed by atoms with Crippen molar-refractivity contribution >= 4 is 19.0 Å². The fourth-order valence-electron chi connectivity index (χ4n) is 2.77. The lowest BCUT2D eigenvalue weighted by atomic mass is 10.1. The van der Waals surface area contributed by atoms with E-state index in [1.807, 2.05) is 0 Å². The number of phosphoric acid groups is 1. The molecule has 0 aliphatic carbocycles. The van der Waals surface area contributed by atoms with Crippen LogP contribution in [0.4, 0.5) is 0 Å². The van der Waals surface area contributed by atoms with E-state index in [0.29, 0.717) is 11.2 Å². The molecule has 124 valence electrons. The van der Waals surface area contributed by atoms with Crippen molar-refractivity contribution in [1.29, 1.82) is 5.41 Å². The Morgan fingerprint density at radius 3 is 3.00 bits per heavy atom. The number of hydrogen-bond donors (Lipinski definition) is 3. The Balaban J connectivity index is 1.74. The van der Waals surface area contributed by atoms with Gasteiger partial charge in [0, 0.05) is 7.05 Å². The zero-order chi connectivity index (χ0) is 16.4. The summed E-state index contributed by atoms with van der Waals surface area (Å²) in [5, 5.41) is 18.4. The summed E-state index contributed by atoms with van der Waals surface area (Å²) in [4.78, 5) is 17.7. The van der Waals surface area contributed by atoms with Crippen molar-refractivity contribution in [2.24, 2.45) is 7.05 Å². The molecule has 3 N–H and O–H groups in total. The van der Waals surface area contributed by atoms with Gasteiger partial charge in [0.25, 0.3) is 0 Å². The molecule has 2 aromatic rings. The van der Waals surface area contributed by atoms with Gasteiger partial charge >= 0.3 is 7.82 Å². The van der Waals surface area contributed by atoms with Gasteiger partial charge in [-0.25, -0.2) is 14.5 Å². The largest absolute Gasteiger partial charge is 0.472 e. The third kappa shape index (κ3) is 2.24. The van der Waals surface area contributed by atoms with Crippen molar-refractivity contribution < 1.29 is 28.3 Å². The van der Waals surface area contributed by atoms with Crippen molar-refractivity contribution in [2.45, 2.75) is 24.5 Å². The van der Waals surface area contributed by atoms with Crippen molar-refractivity contribution in [1.82, 2.24) is 19.1 Å². The molecule has 0 radical (unpaired) electrons. The Kier molecular flexibility index (Phi) is 3.21. The molecule has 0 aromatic carbocycles. The predicted molar refractivity (Wildman–Crippen MR) is 72.9 cm³/mol. The van der Waals surface area contributed by atoms with Crippen LogP contribution in [0.1, 0.15) is 6.23 Å². The molecule has 2 fully saturated rings. The average Bonchev–Trinajstić information content (AvgIpc) is 3.05. The molecule has 2 aliphatic heterocycles. The normalized spacial score (nSPS) is 37.2. The van der Waals surface area contributed by atoms with Crippen LogP contribution < -0.4 is 5.49 Å². The Morgan fingerprint density at radius 1 is 1.43 bits per heavy atom. The van der Waals surface area contributed by atoms with E-state index in [1.165, 1.54) is 21.8 Å². The van der Waals surface area contributed by atoms with Gasteiger partial charge in [0.05, 0.1) is 19.3 Å². The zero-order valence-electron chi connectivity index (χ0n) is 11.9. The Bertz CT molecular complexity index is 879. The summed E-state index contributed by atoms with van der Waals surface area (Å²) in [6.07, 6.45) is -0.920. The first-order chi connectivity index (χ1) is 10.9. The maximum Gasteiger partial charge on any atom is 0.472 e. The predicted octanol–water partition coefficient (Wildman–Crippen LogP) is -0.977. The van der Waals surface area contributed by atoms with E-state index in [9.17, 15) is 14.6 Å². The van der Waals surface area contributed by atoms with Crippen LogP contribution in [-0.4, -0.2) is 54.0 Å². The number of ether oxygens (including phenoxy) is 1. The van der Waals surface area contributed by atoms with Crippen LogP contribution >= 0.6 is 7.82 Å². The van der Waals surface area contributed by atoms with Crippen LogP contribution in [0.15, 0.2) is 12.7 Å². The summed E-state index contributed by atoms with van der Waals surface area (Å²) < 4.78 is 29.8. The first kappa shape index (κ1) is 14.9. The van der Waals surface area contributed by atoms with Crippen molar-refractivity contribution in [3.63, 3.8) is 0 Å². The van der Waals surface area contributed by atoms with Crippen LogP contribution in [-0.2, 0) is 25.4 Å². The molecule has 1 unspecified atom stereocenters. The number of hydrogen-bond acceptors (Lipinski definition) is 8. The molecular formula is C11H14N5O6P. The third-order valence-electron chi connectivity index (χ3n) is 3.94. The van der Waals surface area contributed by atoms with E-state index in [1.54, 1.807) is 7.05 Å². The summed E-state index contributed by atoms with van der Waals surface area (Å²) in [6, 6.07) is 0. The second-order valence-corrected chi connectivity index (χ2v) is 6.82. The number of nitrogens with zero attached hydrogens (tertiary/aromatic N) is 4. The molecule has 0 amide bonds. The molecule has 11 nitrogen and oxygen atoms in total. The van der Waals surface area contributed by atoms with E-state index in [-0.39, 0.29) is 12.1 Å². The van der Waals surface area contributed by atoms with Gasteiger partial charge < -0.3 is 19.3 Å². The lowest BCUT2D eigenvalue weighted by Crippen LogP contribution is -2.39. The Labute approximate surface area is 129 Å². The number of aliphatic hydroxyl groups is 1. The monoisotopic (exact) mass is 343 g/mol. The minimum atomic E-state index is -4.17. The second-order valence-electron chi connectivity index (χ2n) is 5.42. The number of aromatic nitrogens is 4. The topological polar surface area (TPSA) is 145 Å². The van der Waals surface area contributed by atoms with E-state index >= 15 is 0 Å². The standard InChI is InChI=1S/C11H14N5O6P/c1-15-3-14-10-6(9(15)12)13-4-16(10)11-7(17)8-5(21-11)2-20-23(18,19)22-8/h3-5,7-8,11-12,17H,2H2,1H3,(H,18,19)/t5-,7-,8-,11-/m1/s1. The van der Waals surface area contributed by atoms with E-state index in [4.69, 9.17) is 19.2 Å². The Hall–Kier alpha value is -1.62. The highest BCUT2D eigenvalue weighted by atomic mass is 31.2. The van der Waals surface area contributed by atoms with E-state index in [0.717, 1.165) is 0 Å². The summed E-state index contributed by atoms with van der Waals surface area (Å²) in [5.41, 5.74) is 0.882. The third-order valence-corrected chi connectivity index (χ3v) is 4.92. The van der Waals surface area contributed by atoms with Crippen LogP contribution in [0.25, 0.3) is 11.2 Å². The summed E-state index contributed by atoms with van der Waals surface area (Å²) in [7, 11) is -2.50. The molecule has 4 rings (SSSR count). The molecule has 4 heterocycles. The first-order valence-corrected chi connectivity index (χ1v) is 8.29. The molecule has 2 aliphatic rings. The van der Waals surface area contributed by atoms with Crippen LogP contribution in [0.3, 0.4) is 0 Å². The maximum atomic E-state index is 11.5. The number of phosphoric ester groups is 1. The van der Waals surface area contributed by atoms with Gasteiger partial charge in [0.2, 0.25) is 0 Å². The first-order valence-electron chi connectivity index (χ1n) is 6.79. The van der Waals surface area contributed by atoms with Crippen LogP contribution in [0.2, 0.25) is 0 Å². The van der Waals surface area contributed by atoms with Crippen LogP contribution in [0, 0.1) is 5.41 Å². The molecule has 2 saturated heterocycles. The van der Waals surface area contributed by atoms with Gasteiger partial charge in [-0.15, -0.1) is 0 Å². The number of aliphatic hydroxyl groups excluding tert-OH is 1. The molecule has 0 bridgehead atoms.